The van der Waals surface area contributed by atoms with Gasteiger partial charge in [0.15, 0.2) is 0 Å². The van der Waals surface area contributed by atoms with E-state index < -0.39 is 0 Å². The summed E-state index contributed by atoms with van der Waals surface area (Å²) >= 11 is 0. The number of amides is 1. The van der Waals surface area contributed by atoms with Crippen molar-refractivity contribution in [1.29, 1.82) is 0 Å². The Labute approximate surface area is 108 Å². The van der Waals surface area contributed by atoms with Gasteiger partial charge in [-0.2, -0.15) is 5.10 Å². The first-order valence-corrected chi connectivity index (χ1v) is 7.01. The van der Waals surface area contributed by atoms with Crippen LogP contribution in [0, 0.1) is 18.8 Å². The van der Waals surface area contributed by atoms with Crippen molar-refractivity contribution in [2.45, 2.75) is 51.6 Å². The van der Waals surface area contributed by atoms with Crippen LogP contribution in [0.5, 0.6) is 0 Å². The molecule has 18 heavy (non-hydrogen) atoms. The van der Waals surface area contributed by atoms with E-state index in [-0.39, 0.29) is 5.91 Å². The lowest BCUT2D eigenvalue weighted by atomic mass is 10.1. The Morgan fingerprint density at radius 3 is 2.61 bits per heavy atom. The number of hydrogen-bond acceptors (Lipinski definition) is 2. The molecule has 0 radical (unpaired) electrons. The molecule has 0 aliphatic heterocycles. The molecule has 4 nitrogen and oxygen atoms in total. The summed E-state index contributed by atoms with van der Waals surface area (Å²) in [5.74, 6) is 1.73. The number of rotatable bonds is 6. The van der Waals surface area contributed by atoms with Crippen LogP contribution >= 0.6 is 0 Å². The largest absolute Gasteiger partial charge is 0.353 e. The van der Waals surface area contributed by atoms with Gasteiger partial charge >= 0.3 is 0 Å². The maximum atomic E-state index is 11.9. The summed E-state index contributed by atoms with van der Waals surface area (Å²) in [6, 6.07) is 0.469. The highest BCUT2D eigenvalue weighted by atomic mass is 16.1. The number of aryl methyl sites for hydroxylation is 2. The predicted molar refractivity (Wildman–Crippen MR) is 69.0 cm³/mol. The quantitative estimate of drug-likeness (QED) is 0.834. The van der Waals surface area contributed by atoms with Gasteiger partial charge in [-0.25, -0.2) is 0 Å². The molecular formula is C14H21N3O. The number of carbonyl (C=O) groups excluding carboxylic acids is 1. The Balaban J connectivity index is 1.46. The maximum Gasteiger partial charge on any atom is 0.222 e. The molecule has 1 N–H and O–H groups in total. The molecule has 1 heterocycles. The van der Waals surface area contributed by atoms with Crippen molar-refractivity contribution < 1.29 is 4.79 Å². The molecule has 98 valence electrons. The monoisotopic (exact) mass is 247 g/mol. The topological polar surface area (TPSA) is 46.9 Å². The van der Waals surface area contributed by atoms with Gasteiger partial charge in [-0.05, 0) is 50.0 Å². The summed E-state index contributed by atoms with van der Waals surface area (Å²) in [4.78, 5) is 11.9. The van der Waals surface area contributed by atoms with E-state index in [4.69, 9.17) is 0 Å². The highest BCUT2D eigenvalue weighted by Gasteiger charge is 2.42. The molecule has 2 aliphatic rings. The number of nitrogens with one attached hydrogen (secondary N) is 1. The minimum atomic E-state index is 0.187. The molecule has 3 rings (SSSR count). The fourth-order valence-electron chi connectivity index (χ4n) is 2.59. The Kier molecular flexibility index (Phi) is 3.10. The van der Waals surface area contributed by atoms with E-state index in [1.54, 1.807) is 0 Å². The molecule has 2 fully saturated rings. The summed E-state index contributed by atoms with van der Waals surface area (Å²) in [6.07, 6.45) is 9.57. The summed E-state index contributed by atoms with van der Waals surface area (Å²) in [5, 5.41) is 7.44. The van der Waals surface area contributed by atoms with Crippen molar-refractivity contribution in [3.63, 3.8) is 0 Å². The molecule has 0 aromatic carbocycles. The molecule has 0 bridgehead atoms. The standard InChI is InChI=1S/C14H21N3O/c1-10-8-15-17(9-10)7-6-13(18)16-14(11-2-3-11)12-4-5-12/h8-9,11-12,14H,2-7H2,1H3,(H,16,18). The third-order valence-corrected chi connectivity index (χ3v) is 3.92. The Bertz CT molecular complexity index is 420. The molecule has 1 aromatic rings. The van der Waals surface area contributed by atoms with Crippen LogP contribution in [-0.2, 0) is 11.3 Å². The van der Waals surface area contributed by atoms with Crippen LogP contribution in [0.2, 0.25) is 0 Å². The lowest BCUT2D eigenvalue weighted by Crippen LogP contribution is -2.38. The van der Waals surface area contributed by atoms with E-state index in [1.807, 2.05) is 24.0 Å². The van der Waals surface area contributed by atoms with Crippen LogP contribution in [0.3, 0.4) is 0 Å². The molecule has 2 saturated carbocycles. The van der Waals surface area contributed by atoms with Gasteiger partial charge in [-0.15, -0.1) is 0 Å². The van der Waals surface area contributed by atoms with Gasteiger partial charge in [0.1, 0.15) is 0 Å². The average molecular weight is 247 g/mol. The van der Waals surface area contributed by atoms with Crippen molar-refractivity contribution in [3.05, 3.63) is 18.0 Å². The first kappa shape index (κ1) is 11.8. The summed E-state index contributed by atoms with van der Waals surface area (Å²) in [7, 11) is 0. The fourth-order valence-corrected chi connectivity index (χ4v) is 2.59. The first-order valence-electron chi connectivity index (χ1n) is 7.01. The third kappa shape index (κ3) is 2.92. The summed E-state index contributed by atoms with van der Waals surface area (Å²) < 4.78 is 1.85. The highest BCUT2D eigenvalue weighted by Crippen LogP contribution is 2.44. The van der Waals surface area contributed by atoms with E-state index in [0.29, 0.717) is 19.0 Å². The van der Waals surface area contributed by atoms with E-state index in [0.717, 1.165) is 17.4 Å². The van der Waals surface area contributed by atoms with Gasteiger partial charge in [-0.3, -0.25) is 9.48 Å². The zero-order chi connectivity index (χ0) is 12.5. The Morgan fingerprint density at radius 1 is 1.44 bits per heavy atom. The minimum Gasteiger partial charge on any atom is -0.353 e. The highest BCUT2D eigenvalue weighted by molar-refractivity contribution is 5.76. The maximum absolute atomic E-state index is 11.9. The molecule has 0 unspecified atom stereocenters. The molecule has 1 amide bonds. The van der Waals surface area contributed by atoms with Crippen molar-refractivity contribution in [1.82, 2.24) is 15.1 Å². The molecule has 0 saturated heterocycles. The van der Waals surface area contributed by atoms with Gasteiger partial charge in [-0.1, -0.05) is 0 Å². The fraction of sp³-hybridized carbons (Fsp3) is 0.714. The number of aromatic nitrogens is 2. The van der Waals surface area contributed by atoms with Gasteiger partial charge in [0.2, 0.25) is 5.91 Å². The molecule has 0 atom stereocenters. The second kappa shape index (κ2) is 4.75. The molecular weight excluding hydrogens is 226 g/mol. The number of nitrogens with zero attached hydrogens (tertiary/aromatic N) is 2. The van der Waals surface area contributed by atoms with E-state index in [2.05, 4.69) is 10.4 Å². The van der Waals surface area contributed by atoms with Crippen LogP contribution in [0.1, 0.15) is 37.7 Å². The SMILES string of the molecule is Cc1cnn(CCC(=O)NC(C2CC2)C2CC2)c1. The Hall–Kier alpha value is -1.32. The van der Waals surface area contributed by atoms with Gasteiger partial charge in [0.05, 0.1) is 6.20 Å². The molecule has 0 spiro atoms. The number of hydrogen-bond donors (Lipinski definition) is 1. The summed E-state index contributed by atoms with van der Waals surface area (Å²) in [5.41, 5.74) is 1.14. The molecule has 4 heteroatoms. The van der Waals surface area contributed by atoms with Crippen LogP contribution < -0.4 is 5.32 Å². The van der Waals surface area contributed by atoms with Gasteiger partial charge in [0.25, 0.3) is 0 Å². The van der Waals surface area contributed by atoms with Crippen molar-refractivity contribution >= 4 is 5.91 Å². The van der Waals surface area contributed by atoms with Crippen molar-refractivity contribution in [2.24, 2.45) is 11.8 Å². The summed E-state index contributed by atoms with van der Waals surface area (Å²) in [6.45, 7) is 2.70. The lowest BCUT2D eigenvalue weighted by Gasteiger charge is -2.17. The second-order valence-corrected chi connectivity index (χ2v) is 5.80. The van der Waals surface area contributed by atoms with Crippen LogP contribution in [-0.4, -0.2) is 21.7 Å². The van der Waals surface area contributed by atoms with Crippen molar-refractivity contribution in [3.8, 4) is 0 Å². The molecule has 2 aliphatic carbocycles. The Morgan fingerprint density at radius 2 is 2.11 bits per heavy atom. The van der Waals surface area contributed by atoms with E-state index in [9.17, 15) is 4.79 Å². The lowest BCUT2D eigenvalue weighted by molar-refractivity contribution is -0.122. The van der Waals surface area contributed by atoms with Crippen molar-refractivity contribution in [2.75, 3.05) is 0 Å². The second-order valence-electron chi connectivity index (χ2n) is 5.80. The number of carbonyl (C=O) groups is 1. The van der Waals surface area contributed by atoms with E-state index >= 15 is 0 Å². The third-order valence-electron chi connectivity index (χ3n) is 3.92. The van der Waals surface area contributed by atoms with Gasteiger partial charge in [0, 0.05) is 25.2 Å². The van der Waals surface area contributed by atoms with Crippen LogP contribution in [0.4, 0.5) is 0 Å². The van der Waals surface area contributed by atoms with Crippen LogP contribution in [0.25, 0.3) is 0 Å². The smallest absolute Gasteiger partial charge is 0.222 e. The van der Waals surface area contributed by atoms with Crippen LogP contribution in [0.15, 0.2) is 12.4 Å². The van der Waals surface area contributed by atoms with Gasteiger partial charge < -0.3 is 5.32 Å². The predicted octanol–water partition coefficient (Wildman–Crippen LogP) is 1.89. The first-order chi connectivity index (χ1) is 8.72. The normalized spacial score (nSPS) is 19.2. The zero-order valence-corrected chi connectivity index (χ0v) is 10.9. The van der Waals surface area contributed by atoms with E-state index in [1.165, 1.54) is 25.7 Å². The minimum absolute atomic E-state index is 0.187. The average Bonchev–Trinajstić information content (AvgIpc) is 3.23. The molecule has 1 aromatic heterocycles. The zero-order valence-electron chi connectivity index (χ0n) is 10.9.